The molecule has 2 nitrogen and oxygen atoms in total. The van der Waals surface area contributed by atoms with Gasteiger partial charge < -0.3 is 10.1 Å². The Labute approximate surface area is 120 Å². The third kappa shape index (κ3) is 5.83. The zero-order chi connectivity index (χ0) is 14.3. The number of hydrogen-bond acceptors (Lipinski definition) is 2. The average molecular weight is 269 g/mol. The molecule has 0 spiro atoms. The van der Waals surface area contributed by atoms with Crippen LogP contribution in [0.3, 0.4) is 0 Å². The number of nitrogens with one attached hydrogen (secondary N) is 1. The SMILES string of the molecule is CCCC1CCC(NCC)C(CCC(C)(C)OC)C1. The van der Waals surface area contributed by atoms with E-state index in [1.54, 1.807) is 0 Å². The van der Waals surface area contributed by atoms with Crippen LogP contribution in [0.25, 0.3) is 0 Å². The third-order valence-corrected chi connectivity index (χ3v) is 4.92. The number of methoxy groups -OCH3 is 1. The van der Waals surface area contributed by atoms with E-state index in [4.69, 9.17) is 4.74 Å². The van der Waals surface area contributed by atoms with E-state index >= 15 is 0 Å². The van der Waals surface area contributed by atoms with E-state index in [0.717, 1.165) is 24.4 Å². The van der Waals surface area contributed by atoms with E-state index in [0.29, 0.717) is 0 Å². The van der Waals surface area contributed by atoms with Crippen LogP contribution in [0.2, 0.25) is 0 Å². The molecule has 1 saturated carbocycles. The Morgan fingerprint density at radius 3 is 2.47 bits per heavy atom. The molecular formula is C17H35NO. The molecule has 0 amide bonds. The van der Waals surface area contributed by atoms with Gasteiger partial charge in [0.2, 0.25) is 0 Å². The van der Waals surface area contributed by atoms with Crippen molar-refractivity contribution in [2.24, 2.45) is 11.8 Å². The first-order chi connectivity index (χ1) is 9.02. The number of ether oxygens (including phenoxy) is 1. The van der Waals surface area contributed by atoms with E-state index in [1.807, 2.05) is 7.11 Å². The molecule has 0 aliphatic heterocycles. The molecule has 1 aliphatic carbocycles. The Balaban J connectivity index is 2.51. The van der Waals surface area contributed by atoms with Crippen molar-refractivity contribution in [2.75, 3.05) is 13.7 Å². The molecule has 114 valence electrons. The highest BCUT2D eigenvalue weighted by atomic mass is 16.5. The molecule has 2 heteroatoms. The summed E-state index contributed by atoms with van der Waals surface area (Å²) in [6, 6.07) is 0.741. The Morgan fingerprint density at radius 1 is 1.16 bits per heavy atom. The zero-order valence-corrected chi connectivity index (χ0v) is 13.8. The Kier molecular flexibility index (Phi) is 7.38. The summed E-state index contributed by atoms with van der Waals surface area (Å²) in [5.41, 5.74) is 0.0362. The summed E-state index contributed by atoms with van der Waals surface area (Å²) in [4.78, 5) is 0. The summed E-state index contributed by atoms with van der Waals surface area (Å²) in [5, 5.41) is 3.71. The van der Waals surface area contributed by atoms with Gasteiger partial charge in [0.1, 0.15) is 0 Å². The molecule has 0 saturated heterocycles. The second-order valence-corrected chi connectivity index (χ2v) is 6.89. The van der Waals surface area contributed by atoms with Crippen LogP contribution in [0, 0.1) is 11.8 Å². The average Bonchev–Trinajstić information content (AvgIpc) is 2.39. The molecule has 0 bridgehead atoms. The number of hydrogen-bond donors (Lipinski definition) is 1. The molecular weight excluding hydrogens is 234 g/mol. The minimum Gasteiger partial charge on any atom is -0.379 e. The molecule has 1 aliphatic rings. The maximum atomic E-state index is 5.58. The van der Waals surface area contributed by atoms with Gasteiger partial charge in [-0.15, -0.1) is 0 Å². The van der Waals surface area contributed by atoms with Crippen LogP contribution in [0.15, 0.2) is 0 Å². The van der Waals surface area contributed by atoms with E-state index in [1.165, 1.54) is 44.9 Å². The molecule has 3 unspecified atom stereocenters. The quantitative estimate of drug-likeness (QED) is 0.706. The van der Waals surface area contributed by atoms with Gasteiger partial charge in [-0.2, -0.15) is 0 Å². The summed E-state index contributed by atoms with van der Waals surface area (Å²) >= 11 is 0. The smallest absolute Gasteiger partial charge is 0.0622 e. The largest absolute Gasteiger partial charge is 0.379 e. The fraction of sp³-hybridized carbons (Fsp3) is 1.00. The summed E-state index contributed by atoms with van der Waals surface area (Å²) in [7, 11) is 1.84. The number of rotatable bonds is 8. The molecule has 0 aromatic carbocycles. The van der Waals surface area contributed by atoms with Crippen LogP contribution in [0.4, 0.5) is 0 Å². The van der Waals surface area contributed by atoms with Crippen molar-refractivity contribution < 1.29 is 4.74 Å². The van der Waals surface area contributed by atoms with Gasteiger partial charge in [0.05, 0.1) is 5.60 Å². The molecule has 0 heterocycles. The second kappa shape index (κ2) is 8.26. The van der Waals surface area contributed by atoms with Gasteiger partial charge in [0, 0.05) is 13.2 Å². The predicted octanol–water partition coefficient (Wildman–Crippen LogP) is 4.39. The van der Waals surface area contributed by atoms with E-state index in [-0.39, 0.29) is 5.60 Å². The van der Waals surface area contributed by atoms with Crippen molar-refractivity contribution in [2.45, 2.75) is 84.3 Å². The van der Waals surface area contributed by atoms with E-state index in [9.17, 15) is 0 Å². The van der Waals surface area contributed by atoms with Gasteiger partial charge >= 0.3 is 0 Å². The molecule has 1 fully saturated rings. The highest BCUT2D eigenvalue weighted by Gasteiger charge is 2.30. The van der Waals surface area contributed by atoms with E-state index in [2.05, 4.69) is 33.0 Å². The summed E-state index contributed by atoms with van der Waals surface area (Å²) in [6.45, 7) is 10.1. The van der Waals surface area contributed by atoms with Gasteiger partial charge in [-0.3, -0.25) is 0 Å². The predicted molar refractivity (Wildman–Crippen MR) is 83.5 cm³/mol. The van der Waals surface area contributed by atoms with Crippen molar-refractivity contribution >= 4 is 0 Å². The van der Waals surface area contributed by atoms with Crippen LogP contribution >= 0.6 is 0 Å². The summed E-state index contributed by atoms with van der Waals surface area (Å²) in [5.74, 6) is 1.82. The summed E-state index contributed by atoms with van der Waals surface area (Å²) in [6.07, 6.45) is 9.46. The van der Waals surface area contributed by atoms with Gasteiger partial charge in [0.25, 0.3) is 0 Å². The second-order valence-electron chi connectivity index (χ2n) is 6.89. The third-order valence-electron chi connectivity index (χ3n) is 4.92. The van der Waals surface area contributed by atoms with Crippen LogP contribution in [-0.4, -0.2) is 25.3 Å². The molecule has 19 heavy (non-hydrogen) atoms. The minimum atomic E-state index is 0.0362. The molecule has 0 aromatic rings. The minimum absolute atomic E-state index is 0.0362. The molecule has 1 rings (SSSR count). The molecule has 3 atom stereocenters. The maximum Gasteiger partial charge on any atom is 0.0622 e. The lowest BCUT2D eigenvalue weighted by molar-refractivity contribution is 0.00615. The van der Waals surface area contributed by atoms with Gasteiger partial charge in [-0.05, 0) is 64.3 Å². The lowest BCUT2D eigenvalue weighted by atomic mass is 9.73. The van der Waals surface area contributed by atoms with Crippen molar-refractivity contribution in [3.63, 3.8) is 0 Å². The van der Waals surface area contributed by atoms with Gasteiger partial charge in [-0.25, -0.2) is 0 Å². The van der Waals surface area contributed by atoms with Crippen molar-refractivity contribution in [3.8, 4) is 0 Å². The van der Waals surface area contributed by atoms with Crippen molar-refractivity contribution in [3.05, 3.63) is 0 Å². The topological polar surface area (TPSA) is 21.3 Å². The van der Waals surface area contributed by atoms with Crippen LogP contribution in [-0.2, 0) is 4.74 Å². The standard InChI is InChI=1S/C17H35NO/c1-6-8-14-9-10-16(18-7-2)15(13-14)11-12-17(3,4)19-5/h14-16,18H,6-13H2,1-5H3. The van der Waals surface area contributed by atoms with Crippen molar-refractivity contribution in [1.82, 2.24) is 5.32 Å². The lowest BCUT2D eigenvalue weighted by Gasteiger charge is -2.38. The van der Waals surface area contributed by atoms with Gasteiger partial charge in [-0.1, -0.05) is 26.7 Å². The first-order valence-corrected chi connectivity index (χ1v) is 8.31. The molecule has 0 radical (unpaired) electrons. The Hall–Kier alpha value is -0.0800. The first-order valence-electron chi connectivity index (χ1n) is 8.31. The summed E-state index contributed by atoms with van der Waals surface area (Å²) < 4.78 is 5.58. The van der Waals surface area contributed by atoms with Crippen LogP contribution < -0.4 is 5.32 Å². The molecule has 0 aromatic heterocycles. The van der Waals surface area contributed by atoms with Crippen LogP contribution in [0.5, 0.6) is 0 Å². The highest BCUT2D eigenvalue weighted by molar-refractivity contribution is 4.86. The zero-order valence-electron chi connectivity index (χ0n) is 13.8. The lowest BCUT2D eigenvalue weighted by Crippen LogP contribution is -2.41. The van der Waals surface area contributed by atoms with E-state index < -0.39 is 0 Å². The highest BCUT2D eigenvalue weighted by Crippen LogP contribution is 2.36. The molecule has 1 N–H and O–H groups in total. The monoisotopic (exact) mass is 269 g/mol. The Morgan fingerprint density at radius 2 is 1.89 bits per heavy atom. The van der Waals surface area contributed by atoms with Crippen molar-refractivity contribution in [1.29, 1.82) is 0 Å². The fourth-order valence-corrected chi connectivity index (χ4v) is 3.52. The fourth-order valence-electron chi connectivity index (χ4n) is 3.52. The van der Waals surface area contributed by atoms with Crippen LogP contribution in [0.1, 0.15) is 72.6 Å². The normalized spacial score (nSPS) is 28.6. The van der Waals surface area contributed by atoms with Gasteiger partial charge in [0.15, 0.2) is 0 Å². The first kappa shape index (κ1) is 17.0. The Bertz CT molecular complexity index is 239. The maximum absolute atomic E-state index is 5.58.